The van der Waals surface area contributed by atoms with Gasteiger partial charge in [-0.05, 0) is 12.3 Å². The van der Waals surface area contributed by atoms with Gasteiger partial charge in [0.25, 0.3) is 0 Å². The topological polar surface area (TPSA) is 188 Å². The highest BCUT2D eigenvalue weighted by Crippen LogP contribution is 2.05. The van der Waals surface area contributed by atoms with Crippen molar-refractivity contribution in [1.29, 1.82) is 0 Å². The van der Waals surface area contributed by atoms with E-state index in [1.807, 2.05) is 0 Å². The summed E-state index contributed by atoms with van der Waals surface area (Å²) in [6, 6.07) is -3.29. The summed E-state index contributed by atoms with van der Waals surface area (Å²) < 4.78 is 0. The average molecular weight is 406 g/mol. The van der Waals surface area contributed by atoms with E-state index in [4.69, 9.17) is 15.9 Å². The lowest BCUT2D eigenvalue weighted by atomic mass is 10.0. The van der Waals surface area contributed by atoms with Gasteiger partial charge in [0.05, 0.1) is 6.04 Å². The van der Waals surface area contributed by atoms with Gasteiger partial charge in [0, 0.05) is 12.2 Å². The maximum Gasteiger partial charge on any atom is 0.322 e. The minimum atomic E-state index is -1.25. The second-order valence-corrected chi connectivity index (χ2v) is 6.49. The molecule has 0 saturated carbocycles. The summed E-state index contributed by atoms with van der Waals surface area (Å²) in [5.74, 6) is -4.96. The quantitative estimate of drug-likeness (QED) is 0.180. The molecule has 0 aromatic rings. The van der Waals surface area contributed by atoms with E-state index in [1.165, 1.54) is 0 Å². The van der Waals surface area contributed by atoms with Crippen LogP contribution in [-0.2, 0) is 24.0 Å². The van der Waals surface area contributed by atoms with E-state index in [2.05, 4.69) is 28.6 Å². The molecule has 27 heavy (non-hydrogen) atoms. The predicted octanol–water partition coefficient (Wildman–Crippen LogP) is -2.07. The number of carboxylic acid groups (broad SMARTS) is 2. The fraction of sp³-hybridized carbons (Fsp3) is 0.667. The zero-order valence-electron chi connectivity index (χ0n) is 15.1. The average Bonchev–Trinajstić information content (AvgIpc) is 2.59. The van der Waals surface area contributed by atoms with Crippen LogP contribution in [-0.4, -0.2) is 70.3 Å². The standard InChI is InChI=1S/C15H26N4O7S/c1-7(2)12(15(26)17-5-11(22)23)19-14(25)9(3-4-10(20)21)18-13(24)8(16)6-27/h7-9,12,27H,3-6,16H2,1-2H3,(H,17,26)(H,18,24)(H,19,25)(H,20,21)(H,22,23). The van der Waals surface area contributed by atoms with E-state index in [-0.39, 0.29) is 12.2 Å². The minimum Gasteiger partial charge on any atom is -0.481 e. The number of amides is 3. The number of hydrogen-bond donors (Lipinski definition) is 7. The second kappa shape index (κ2) is 12.1. The van der Waals surface area contributed by atoms with Gasteiger partial charge in [-0.2, -0.15) is 12.6 Å². The SMILES string of the molecule is CC(C)C(NC(=O)C(CCC(=O)O)NC(=O)C(N)CS)C(=O)NCC(=O)O. The van der Waals surface area contributed by atoms with Crippen molar-refractivity contribution in [2.75, 3.05) is 12.3 Å². The van der Waals surface area contributed by atoms with E-state index in [9.17, 15) is 24.0 Å². The summed E-state index contributed by atoms with van der Waals surface area (Å²) >= 11 is 3.88. The van der Waals surface area contributed by atoms with Gasteiger partial charge in [0.1, 0.15) is 18.6 Å². The molecule has 154 valence electrons. The van der Waals surface area contributed by atoms with Crippen LogP contribution in [0.3, 0.4) is 0 Å². The van der Waals surface area contributed by atoms with Crippen LogP contribution in [0.1, 0.15) is 26.7 Å². The van der Waals surface area contributed by atoms with E-state index in [0.717, 1.165) is 0 Å². The number of carboxylic acids is 2. The summed E-state index contributed by atoms with van der Waals surface area (Å²) in [6.45, 7) is 2.65. The molecule has 0 aliphatic carbocycles. The molecule has 0 aliphatic rings. The first kappa shape index (κ1) is 24.7. The van der Waals surface area contributed by atoms with Gasteiger partial charge >= 0.3 is 11.9 Å². The molecule has 0 fully saturated rings. The van der Waals surface area contributed by atoms with E-state index >= 15 is 0 Å². The molecule has 0 aromatic heterocycles. The molecule has 3 amide bonds. The van der Waals surface area contributed by atoms with Crippen molar-refractivity contribution in [1.82, 2.24) is 16.0 Å². The monoisotopic (exact) mass is 406 g/mol. The van der Waals surface area contributed by atoms with Gasteiger partial charge in [0.2, 0.25) is 17.7 Å². The number of rotatable bonds is 12. The number of carbonyl (C=O) groups is 5. The van der Waals surface area contributed by atoms with Gasteiger partial charge in [-0.15, -0.1) is 0 Å². The van der Waals surface area contributed by atoms with Crippen LogP contribution in [0.4, 0.5) is 0 Å². The highest BCUT2D eigenvalue weighted by Gasteiger charge is 2.30. The lowest BCUT2D eigenvalue weighted by Gasteiger charge is -2.25. The Balaban J connectivity index is 5.18. The lowest BCUT2D eigenvalue weighted by Crippen LogP contribution is -2.57. The third-order valence-corrected chi connectivity index (χ3v) is 3.87. The van der Waals surface area contributed by atoms with Crippen molar-refractivity contribution >= 4 is 42.3 Å². The van der Waals surface area contributed by atoms with Crippen molar-refractivity contribution in [3.8, 4) is 0 Å². The molecule has 0 rings (SSSR count). The summed E-state index contributed by atoms with van der Waals surface area (Å²) in [5.41, 5.74) is 5.53. The third kappa shape index (κ3) is 9.80. The first-order valence-electron chi connectivity index (χ1n) is 8.18. The maximum atomic E-state index is 12.5. The molecule has 3 atom stereocenters. The number of aliphatic carboxylic acids is 2. The predicted molar refractivity (Wildman–Crippen MR) is 98.0 cm³/mol. The number of nitrogens with two attached hydrogens (primary N) is 1. The molecule has 0 saturated heterocycles. The lowest BCUT2D eigenvalue weighted by molar-refractivity contribution is -0.139. The van der Waals surface area contributed by atoms with Crippen molar-refractivity contribution < 1.29 is 34.2 Å². The summed E-state index contributed by atoms with van der Waals surface area (Å²) in [5, 5.41) is 24.4. The third-order valence-electron chi connectivity index (χ3n) is 3.47. The van der Waals surface area contributed by atoms with Crippen LogP contribution >= 0.6 is 12.6 Å². The normalized spacial score (nSPS) is 14.0. The van der Waals surface area contributed by atoms with Crippen molar-refractivity contribution in [2.24, 2.45) is 11.7 Å². The van der Waals surface area contributed by atoms with Crippen molar-refractivity contribution in [3.63, 3.8) is 0 Å². The Morgan fingerprint density at radius 1 is 0.963 bits per heavy atom. The molecule has 0 spiro atoms. The Bertz CT molecular complexity index is 570. The molecular formula is C15H26N4O7S. The number of nitrogens with one attached hydrogen (secondary N) is 3. The molecule has 0 aliphatic heterocycles. The van der Waals surface area contributed by atoms with E-state index in [0.29, 0.717) is 0 Å². The Hall–Kier alpha value is -2.34. The van der Waals surface area contributed by atoms with Gasteiger partial charge in [0.15, 0.2) is 0 Å². The zero-order chi connectivity index (χ0) is 21.1. The Labute approximate surface area is 161 Å². The molecule has 0 heterocycles. The smallest absolute Gasteiger partial charge is 0.322 e. The molecule has 7 N–H and O–H groups in total. The highest BCUT2D eigenvalue weighted by molar-refractivity contribution is 7.80. The molecule has 0 aromatic carbocycles. The van der Waals surface area contributed by atoms with Crippen molar-refractivity contribution in [2.45, 2.75) is 44.8 Å². The number of carbonyl (C=O) groups excluding carboxylic acids is 3. The van der Waals surface area contributed by atoms with Crippen LogP contribution in [0.2, 0.25) is 0 Å². The van der Waals surface area contributed by atoms with Gasteiger partial charge in [-0.1, -0.05) is 13.8 Å². The maximum absolute atomic E-state index is 12.5. The number of hydrogen-bond acceptors (Lipinski definition) is 7. The fourth-order valence-corrected chi connectivity index (χ4v) is 2.13. The molecule has 0 radical (unpaired) electrons. The van der Waals surface area contributed by atoms with E-state index in [1.54, 1.807) is 13.8 Å². The number of thiol groups is 1. The molecule has 0 bridgehead atoms. The van der Waals surface area contributed by atoms with Crippen LogP contribution < -0.4 is 21.7 Å². The first-order valence-corrected chi connectivity index (χ1v) is 8.81. The first-order chi connectivity index (χ1) is 12.5. The molecule has 3 unspecified atom stereocenters. The fourth-order valence-electron chi connectivity index (χ4n) is 1.96. The highest BCUT2D eigenvalue weighted by atomic mass is 32.1. The van der Waals surface area contributed by atoms with Gasteiger partial charge in [-0.3, -0.25) is 24.0 Å². The van der Waals surface area contributed by atoms with Crippen LogP contribution in [0.15, 0.2) is 0 Å². The zero-order valence-corrected chi connectivity index (χ0v) is 16.0. The summed E-state index contributed by atoms with van der Waals surface area (Å²) in [6.07, 6.45) is -0.611. The molecule has 11 nitrogen and oxygen atoms in total. The van der Waals surface area contributed by atoms with Crippen molar-refractivity contribution in [3.05, 3.63) is 0 Å². The minimum absolute atomic E-state index is 0.0192. The van der Waals surface area contributed by atoms with Gasteiger partial charge in [-0.25, -0.2) is 0 Å². The van der Waals surface area contributed by atoms with E-state index < -0.39 is 66.7 Å². The molecular weight excluding hydrogens is 380 g/mol. The Kier molecular flexibility index (Phi) is 11.1. The Morgan fingerprint density at radius 2 is 1.56 bits per heavy atom. The Morgan fingerprint density at radius 3 is 2.00 bits per heavy atom. The van der Waals surface area contributed by atoms with Gasteiger partial charge < -0.3 is 31.9 Å². The van der Waals surface area contributed by atoms with Crippen LogP contribution in [0, 0.1) is 5.92 Å². The summed E-state index contributed by atoms with van der Waals surface area (Å²) in [4.78, 5) is 57.8. The molecule has 12 heteroatoms. The largest absolute Gasteiger partial charge is 0.481 e. The van der Waals surface area contributed by atoms with Crippen LogP contribution in [0.5, 0.6) is 0 Å². The van der Waals surface area contributed by atoms with Crippen LogP contribution in [0.25, 0.3) is 0 Å². The summed E-state index contributed by atoms with van der Waals surface area (Å²) in [7, 11) is 0. The second-order valence-electron chi connectivity index (χ2n) is 6.12.